The van der Waals surface area contributed by atoms with E-state index in [1.165, 1.54) is 4.68 Å². The summed E-state index contributed by atoms with van der Waals surface area (Å²) in [6.07, 6.45) is 0.814. The lowest BCUT2D eigenvalue weighted by Crippen LogP contribution is -2.40. The van der Waals surface area contributed by atoms with E-state index in [4.69, 9.17) is 4.74 Å². The van der Waals surface area contributed by atoms with E-state index < -0.39 is 0 Å². The fourth-order valence-corrected chi connectivity index (χ4v) is 4.43. The predicted octanol–water partition coefficient (Wildman–Crippen LogP) is 2.07. The van der Waals surface area contributed by atoms with Gasteiger partial charge in [-0.05, 0) is 37.1 Å². The highest BCUT2D eigenvalue weighted by molar-refractivity contribution is 5.96. The molecule has 1 amide bonds. The van der Waals surface area contributed by atoms with Crippen molar-refractivity contribution in [3.8, 4) is 0 Å². The molecule has 0 saturated heterocycles. The molecule has 0 saturated carbocycles. The minimum atomic E-state index is -0.314. The lowest BCUT2D eigenvalue weighted by Gasteiger charge is -2.22. The molecule has 0 radical (unpaired) electrons. The molecule has 0 fully saturated rings. The van der Waals surface area contributed by atoms with Crippen LogP contribution in [-0.4, -0.2) is 44.4 Å². The third-order valence-electron chi connectivity index (χ3n) is 5.76. The molecule has 0 bridgehead atoms. The monoisotopic (exact) mass is 405 g/mol. The molecule has 0 spiro atoms. The molecule has 1 aliphatic heterocycles. The summed E-state index contributed by atoms with van der Waals surface area (Å²) in [4.78, 5) is 28.1. The van der Waals surface area contributed by atoms with Crippen LogP contribution in [0.25, 0.3) is 16.8 Å². The third-order valence-corrected chi connectivity index (χ3v) is 5.76. The minimum Gasteiger partial charge on any atom is -0.383 e. The molecular weight excluding hydrogens is 382 g/mol. The number of ether oxygens (including phenoxy) is 1. The Balaban J connectivity index is 1.55. The van der Waals surface area contributed by atoms with Gasteiger partial charge in [-0.25, -0.2) is 13.9 Å². The summed E-state index contributed by atoms with van der Waals surface area (Å²) in [5, 5.41) is 4.52. The van der Waals surface area contributed by atoms with Gasteiger partial charge >= 0.3 is 5.69 Å². The number of hydrogen-bond donors (Lipinski definition) is 0. The number of carbonyl (C=O) groups excluding carboxylic acids is 1. The summed E-state index contributed by atoms with van der Waals surface area (Å²) in [6.45, 7) is 2.99. The van der Waals surface area contributed by atoms with Crippen LogP contribution in [-0.2, 0) is 29.0 Å². The van der Waals surface area contributed by atoms with Crippen LogP contribution < -0.4 is 10.6 Å². The number of nitrogens with zero attached hydrogens (tertiary/aromatic N) is 5. The fraction of sp³-hybridized carbons (Fsp3) is 0.318. The number of carbonyl (C=O) groups is 1. The van der Waals surface area contributed by atoms with E-state index in [0.717, 1.165) is 28.7 Å². The number of hydrogen-bond acceptors (Lipinski definition) is 4. The van der Waals surface area contributed by atoms with Crippen LogP contribution in [0.2, 0.25) is 0 Å². The summed E-state index contributed by atoms with van der Waals surface area (Å²) in [7, 11) is 1.64. The molecular formula is C22H23N5O3. The second-order valence-electron chi connectivity index (χ2n) is 7.65. The van der Waals surface area contributed by atoms with Gasteiger partial charge in [-0.1, -0.05) is 30.3 Å². The maximum Gasteiger partial charge on any atom is 0.352 e. The van der Waals surface area contributed by atoms with Crippen molar-refractivity contribution in [3.05, 3.63) is 64.6 Å². The van der Waals surface area contributed by atoms with Gasteiger partial charge in [0.05, 0.1) is 17.6 Å². The number of rotatable bonds is 5. The van der Waals surface area contributed by atoms with E-state index in [-0.39, 0.29) is 24.2 Å². The maximum atomic E-state index is 13.2. The van der Waals surface area contributed by atoms with Gasteiger partial charge < -0.3 is 14.2 Å². The van der Waals surface area contributed by atoms with Crippen molar-refractivity contribution < 1.29 is 9.53 Å². The van der Waals surface area contributed by atoms with Crippen molar-refractivity contribution in [1.82, 2.24) is 18.7 Å². The van der Waals surface area contributed by atoms with Crippen LogP contribution in [0.3, 0.4) is 0 Å². The molecule has 4 aromatic rings. The standard InChI is InChI=1S/C22H23N5O3/c1-15-13-16-7-3-4-8-17(16)26(15)20(28)14-25-22(29)27-19-10-6-5-9-18(19)24(11-12-30-2)21(27)23-25/h3-10,15H,11-14H2,1-2H3. The van der Waals surface area contributed by atoms with Crippen LogP contribution in [0.4, 0.5) is 5.69 Å². The first-order valence-corrected chi connectivity index (χ1v) is 10.1. The van der Waals surface area contributed by atoms with Gasteiger partial charge in [0.15, 0.2) is 0 Å². The zero-order valence-corrected chi connectivity index (χ0v) is 17.0. The van der Waals surface area contributed by atoms with Crippen LogP contribution in [0, 0.1) is 0 Å². The minimum absolute atomic E-state index is 0.0546. The Bertz CT molecular complexity index is 1320. The molecule has 5 rings (SSSR count). The van der Waals surface area contributed by atoms with E-state index in [9.17, 15) is 9.59 Å². The van der Waals surface area contributed by atoms with Gasteiger partial charge in [-0.15, -0.1) is 5.10 Å². The van der Waals surface area contributed by atoms with E-state index in [0.29, 0.717) is 18.9 Å². The lowest BCUT2D eigenvalue weighted by atomic mass is 10.1. The molecule has 0 aliphatic carbocycles. The van der Waals surface area contributed by atoms with Crippen molar-refractivity contribution in [3.63, 3.8) is 0 Å². The molecule has 8 nitrogen and oxygen atoms in total. The summed E-state index contributed by atoms with van der Waals surface area (Å²) in [5.74, 6) is 0.379. The zero-order chi connectivity index (χ0) is 20.8. The van der Waals surface area contributed by atoms with Gasteiger partial charge in [-0.2, -0.15) is 0 Å². The highest BCUT2D eigenvalue weighted by Gasteiger charge is 2.31. The molecule has 1 aliphatic rings. The smallest absolute Gasteiger partial charge is 0.352 e. The third kappa shape index (κ3) is 2.75. The number of amides is 1. The van der Waals surface area contributed by atoms with Crippen molar-refractivity contribution in [2.75, 3.05) is 18.6 Å². The van der Waals surface area contributed by atoms with Crippen LogP contribution in [0.1, 0.15) is 12.5 Å². The summed E-state index contributed by atoms with van der Waals surface area (Å²) >= 11 is 0. The highest BCUT2D eigenvalue weighted by atomic mass is 16.5. The Morgan fingerprint density at radius 1 is 1.13 bits per heavy atom. The molecule has 154 valence electrons. The number of aromatic nitrogens is 4. The fourth-order valence-electron chi connectivity index (χ4n) is 4.43. The van der Waals surface area contributed by atoms with Crippen LogP contribution in [0.15, 0.2) is 53.3 Å². The first kappa shape index (κ1) is 18.6. The Kier molecular flexibility index (Phi) is 4.43. The normalized spacial score (nSPS) is 15.9. The molecule has 3 heterocycles. The first-order valence-electron chi connectivity index (χ1n) is 10.1. The Labute approximate surface area is 172 Å². The molecule has 2 aromatic heterocycles. The number of benzene rings is 2. The largest absolute Gasteiger partial charge is 0.383 e. The summed E-state index contributed by atoms with van der Waals surface area (Å²) in [6, 6.07) is 15.6. The second-order valence-corrected chi connectivity index (χ2v) is 7.65. The molecule has 0 N–H and O–H groups in total. The molecule has 2 aromatic carbocycles. The lowest BCUT2D eigenvalue weighted by molar-refractivity contribution is -0.119. The van der Waals surface area contributed by atoms with Gasteiger partial charge in [0, 0.05) is 25.4 Å². The van der Waals surface area contributed by atoms with Gasteiger partial charge in [0.1, 0.15) is 6.54 Å². The number of methoxy groups -OCH3 is 1. The zero-order valence-electron chi connectivity index (χ0n) is 17.0. The quantitative estimate of drug-likeness (QED) is 0.510. The molecule has 30 heavy (non-hydrogen) atoms. The maximum absolute atomic E-state index is 13.2. The van der Waals surface area contributed by atoms with Crippen LogP contribution >= 0.6 is 0 Å². The number of imidazole rings is 1. The van der Waals surface area contributed by atoms with Crippen molar-refractivity contribution in [2.45, 2.75) is 32.5 Å². The second kappa shape index (κ2) is 7.14. The summed E-state index contributed by atoms with van der Waals surface area (Å²) in [5.41, 5.74) is 3.44. The molecule has 1 unspecified atom stereocenters. The van der Waals surface area contributed by atoms with Crippen molar-refractivity contribution >= 4 is 28.4 Å². The van der Waals surface area contributed by atoms with Crippen molar-refractivity contribution in [2.24, 2.45) is 0 Å². The van der Waals surface area contributed by atoms with Gasteiger partial charge in [0.25, 0.3) is 0 Å². The molecule has 1 atom stereocenters. The van der Waals surface area contributed by atoms with Crippen LogP contribution in [0.5, 0.6) is 0 Å². The van der Waals surface area contributed by atoms with E-state index in [2.05, 4.69) is 5.10 Å². The molecule has 8 heteroatoms. The Morgan fingerprint density at radius 3 is 2.67 bits per heavy atom. The first-order chi connectivity index (χ1) is 14.6. The number of fused-ring (bicyclic) bond motifs is 4. The van der Waals surface area contributed by atoms with E-state index >= 15 is 0 Å². The average molecular weight is 405 g/mol. The van der Waals surface area contributed by atoms with Crippen molar-refractivity contribution in [1.29, 1.82) is 0 Å². The van der Waals surface area contributed by atoms with E-state index in [1.807, 2.05) is 60.0 Å². The highest BCUT2D eigenvalue weighted by Crippen LogP contribution is 2.32. The average Bonchev–Trinajstić information content (AvgIpc) is 3.35. The Morgan fingerprint density at radius 2 is 1.87 bits per heavy atom. The number of para-hydroxylation sites is 3. The van der Waals surface area contributed by atoms with Gasteiger partial charge in [0.2, 0.25) is 11.7 Å². The SMILES string of the molecule is COCCn1c2ccccc2n2c(=O)n(CC(=O)N3c4ccccc4CC3C)nc12. The number of anilines is 1. The predicted molar refractivity (Wildman–Crippen MR) is 114 cm³/mol. The Hall–Kier alpha value is -3.39. The topological polar surface area (TPSA) is 73.8 Å². The van der Waals surface area contributed by atoms with Gasteiger partial charge in [-0.3, -0.25) is 4.79 Å². The van der Waals surface area contributed by atoms with E-state index in [1.54, 1.807) is 16.4 Å². The summed E-state index contributed by atoms with van der Waals surface area (Å²) < 4.78 is 10.0.